The number of hydrogen-bond acceptors (Lipinski definition) is 6. The maximum atomic E-state index is 5.47. The Labute approximate surface area is 175 Å². The van der Waals surface area contributed by atoms with E-state index in [1.807, 2.05) is 6.92 Å². The van der Waals surface area contributed by atoms with Crippen molar-refractivity contribution in [3.05, 3.63) is 39.1 Å². The summed E-state index contributed by atoms with van der Waals surface area (Å²) in [5.41, 5.74) is 3.39. The standard InChI is InChI=1S/C20H27IN4O2/c1-4-25(18-6-5-16(7-10-26-3)14-17(18)21)20-22-15(2)13-19(23-20)24-8-11-27-12-9-24/h5-6,13-14H,4,7-12H2,1-3H3. The molecule has 7 heteroatoms. The number of rotatable bonds is 7. The number of ether oxygens (including phenoxy) is 2. The molecule has 1 aliphatic rings. The van der Waals surface area contributed by atoms with Crippen LogP contribution in [-0.2, 0) is 15.9 Å². The molecular formula is C20H27IN4O2. The Balaban J connectivity index is 1.90. The summed E-state index contributed by atoms with van der Waals surface area (Å²) in [6.45, 7) is 8.93. The molecule has 6 nitrogen and oxygen atoms in total. The van der Waals surface area contributed by atoms with Gasteiger partial charge < -0.3 is 19.3 Å². The molecule has 0 radical (unpaired) electrons. The van der Waals surface area contributed by atoms with Crippen molar-refractivity contribution in [3.8, 4) is 0 Å². The van der Waals surface area contributed by atoms with E-state index < -0.39 is 0 Å². The van der Waals surface area contributed by atoms with E-state index in [0.29, 0.717) is 0 Å². The van der Waals surface area contributed by atoms with Gasteiger partial charge in [0.2, 0.25) is 5.95 Å². The first-order valence-corrected chi connectivity index (χ1v) is 10.4. The summed E-state index contributed by atoms with van der Waals surface area (Å²) in [7, 11) is 1.74. The van der Waals surface area contributed by atoms with Crippen LogP contribution < -0.4 is 9.80 Å². The van der Waals surface area contributed by atoms with Crippen LogP contribution in [0.25, 0.3) is 0 Å². The zero-order valence-electron chi connectivity index (χ0n) is 16.2. The highest BCUT2D eigenvalue weighted by Crippen LogP contribution is 2.30. The SMILES string of the molecule is CCN(c1nc(C)cc(N2CCOCC2)n1)c1ccc(CCOC)cc1I. The Morgan fingerprint density at radius 1 is 1.22 bits per heavy atom. The number of aromatic nitrogens is 2. The first-order chi connectivity index (χ1) is 13.1. The molecule has 0 amide bonds. The second kappa shape index (κ2) is 9.66. The quantitative estimate of drug-likeness (QED) is 0.563. The van der Waals surface area contributed by atoms with Crippen molar-refractivity contribution < 1.29 is 9.47 Å². The minimum absolute atomic E-state index is 0.733. The van der Waals surface area contributed by atoms with Gasteiger partial charge in [0.1, 0.15) is 5.82 Å². The number of morpholine rings is 1. The van der Waals surface area contributed by atoms with E-state index in [1.165, 1.54) is 9.13 Å². The maximum Gasteiger partial charge on any atom is 0.232 e. The van der Waals surface area contributed by atoms with Gasteiger partial charge in [0.25, 0.3) is 0 Å². The van der Waals surface area contributed by atoms with Gasteiger partial charge in [-0.3, -0.25) is 0 Å². The fourth-order valence-electron chi connectivity index (χ4n) is 3.18. The van der Waals surface area contributed by atoms with E-state index in [9.17, 15) is 0 Å². The zero-order valence-corrected chi connectivity index (χ0v) is 18.4. The lowest BCUT2D eigenvalue weighted by Gasteiger charge is -2.29. The molecule has 1 saturated heterocycles. The summed E-state index contributed by atoms with van der Waals surface area (Å²) in [5.74, 6) is 1.73. The van der Waals surface area contributed by atoms with Gasteiger partial charge in [-0.15, -0.1) is 0 Å². The van der Waals surface area contributed by atoms with Crippen molar-refractivity contribution in [1.29, 1.82) is 0 Å². The topological polar surface area (TPSA) is 50.7 Å². The molecule has 146 valence electrons. The van der Waals surface area contributed by atoms with Gasteiger partial charge >= 0.3 is 0 Å². The number of methoxy groups -OCH3 is 1. The lowest BCUT2D eigenvalue weighted by atomic mass is 10.1. The molecule has 2 aromatic rings. The number of aryl methyl sites for hydroxylation is 1. The third-order valence-corrected chi connectivity index (χ3v) is 5.48. The normalized spacial score (nSPS) is 14.4. The second-order valence-electron chi connectivity index (χ2n) is 6.54. The van der Waals surface area contributed by atoms with Crippen LogP contribution >= 0.6 is 22.6 Å². The zero-order chi connectivity index (χ0) is 19.2. The second-order valence-corrected chi connectivity index (χ2v) is 7.70. The Morgan fingerprint density at radius 3 is 2.67 bits per heavy atom. The molecule has 27 heavy (non-hydrogen) atoms. The fourth-order valence-corrected chi connectivity index (χ4v) is 4.05. The Bertz CT molecular complexity index is 766. The van der Waals surface area contributed by atoms with Crippen LogP contribution in [0.5, 0.6) is 0 Å². The molecule has 0 N–H and O–H groups in total. The molecule has 1 aromatic heterocycles. The van der Waals surface area contributed by atoms with E-state index in [2.05, 4.69) is 63.6 Å². The van der Waals surface area contributed by atoms with Crippen molar-refractivity contribution in [3.63, 3.8) is 0 Å². The third kappa shape index (κ3) is 5.08. The van der Waals surface area contributed by atoms with Crippen molar-refractivity contribution >= 4 is 40.0 Å². The summed E-state index contributed by atoms with van der Waals surface area (Å²) in [4.78, 5) is 14.1. The summed E-state index contributed by atoms with van der Waals surface area (Å²) >= 11 is 2.40. The minimum atomic E-state index is 0.733. The van der Waals surface area contributed by atoms with Gasteiger partial charge in [0, 0.05) is 42.1 Å². The molecule has 0 aliphatic carbocycles. The molecule has 1 aliphatic heterocycles. The third-order valence-electron chi connectivity index (χ3n) is 4.62. The molecule has 0 bridgehead atoms. The van der Waals surface area contributed by atoms with Crippen molar-refractivity contribution in [1.82, 2.24) is 9.97 Å². The van der Waals surface area contributed by atoms with Gasteiger partial charge in [-0.25, -0.2) is 4.98 Å². The summed E-state index contributed by atoms with van der Waals surface area (Å²) < 4.78 is 11.9. The number of halogens is 1. The number of anilines is 3. The summed E-state index contributed by atoms with van der Waals surface area (Å²) in [6, 6.07) is 8.60. The Kier molecular flexibility index (Phi) is 7.26. The molecule has 0 spiro atoms. The Morgan fingerprint density at radius 2 is 2.00 bits per heavy atom. The van der Waals surface area contributed by atoms with Crippen LogP contribution in [0, 0.1) is 10.5 Å². The predicted molar refractivity (Wildman–Crippen MR) is 117 cm³/mol. The van der Waals surface area contributed by atoms with Crippen molar-refractivity contribution in [2.45, 2.75) is 20.3 Å². The van der Waals surface area contributed by atoms with Gasteiger partial charge in [-0.1, -0.05) is 6.07 Å². The van der Waals surface area contributed by atoms with Crippen LogP contribution in [0.3, 0.4) is 0 Å². The molecular weight excluding hydrogens is 455 g/mol. The highest BCUT2D eigenvalue weighted by Gasteiger charge is 2.18. The molecule has 2 heterocycles. The monoisotopic (exact) mass is 482 g/mol. The van der Waals surface area contributed by atoms with E-state index in [-0.39, 0.29) is 0 Å². The lowest BCUT2D eigenvalue weighted by Crippen LogP contribution is -2.37. The number of nitrogens with zero attached hydrogens (tertiary/aromatic N) is 4. The fraction of sp³-hybridized carbons (Fsp3) is 0.500. The van der Waals surface area contributed by atoms with Gasteiger partial charge in [-0.05, 0) is 60.6 Å². The highest BCUT2D eigenvalue weighted by molar-refractivity contribution is 14.1. The van der Waals surface area contributed by atoms with E-state index >= 15 is 0 Å². The molecule has 1 aromatic carbocycles. The molecule has 0 atom stereocenters. The minimum Gasteiger partial charge on any atom is -0.384 e. The summed E-state index contributed by atoms with van der Waals surface area (Å²) in [6.07, 6.45) is 0.918. The molecule has 0 unspecified atom stereocenters. The average Bonchev–Trinajstić information content (AvgIpc) is 2.68. The maximum absolute atomic E-state index is 5.47. The van der Waals surface area contributed by atoms with Gasteiger partial charge in [-0.2, -0.15) is 4.98 Å². The van der Waals surface area contributed by atoms with E-state index in [0.717, 1.165) is 69.0 Å². The highest BCUT2D eigenvalue weighted by atomic mass is 127. The first kappa shape index (κ1) is 20.3. The van der Waals surface area contributed by atoms with Crippen LogP contribution in [0.15, 0.2) is 24.3 Å². The lowest BCUT2D eigenvalue weighted by molar-refractivity contribution is 0.122. The van der Waals surface area contributed by atoms with Crippen LogP contribution in [-0.4, -0.2) is 56.5 Å². The number of hydrogen-bond donors (Lipinski definition) is 0. The molecule has 3 rings (SSSR count). The largest absolute Gasteiger partial charge is 0.384 e. The van der Waals surface area contributed by atoms with Gasteiger partial charge in [0.15, 0.2) is 0 Å². The smallest absolute Gasteiger partial charge is 0.232 e. The summed E-state index contributed by atoms with van der Waals surface area (Å²) in [5, 5.41) is 0. The van der Waals surface area contributed by atoms with E-state index in [4.69, 9.17) is 19.4 Å². The first-order valence-electron chi connectivity index (χ1n) is 9.35. The van der Waals surface area contributed by atoms with Crippen LogP contribution in [0.4, 0.5) is 17.5 Å². The predicted octanol–water partition coefficient (Wildman–Crippen LogP) is 3.57. The van der Waals surface area contributed by atoms with Crippen LogP contribution in [0.2, 0.25) is 0 Å². The number of benzene rings is 1. The van der Waals surface area contributed by atoms with Crippen molar-refractivity contribution in [2.75, 3.05) is 56.4 Å². The van der Waals surface area contributed by atoms with Crippen molar-refractivity contribution in [2.24, 2.45) is 0 Å². The average molecular weight is 482 g/mol. The molecule has 0 saturated carbocycles. The van der Waals surface area contributed by atoms with Gasteiger partial charge in [0.05, 0.1) is 25.5 Å². The van der Waals surface area contributed by atoms with Crippen LogP contribution in [0.1, 0.15) is 18.2 Å². The van der Waals surface area contributed by atoms with E-state index in [1.54, 1.807) is 7.11 Å². The molecule has 1 fully saturated rings. The Hall–Kier alpha value is -1.45.